The third-order valence-electron chi connectivity index (χ3n) is 1.61. The third-order valence-corrected chi connectivity index (χ3v) is 1.61. The van der Waals surface area contributed by atoms with Crippen LogP contribution in [0.15, 0.2) is 12.4 Å². The summed E-state index contributed by atoms with van der Waals surface area (Å²) in [6.07, 6.45) is 2.95. The number of hydrogen-bond acceptors (Lipinski definition) is 6. The lowest BCUT2D eigenvalue weighted by molar-refractivity contribution is -0.143. The molecule has 0 fully saturated rings. The maximum atomic E-state index is 10.5. The van der Waals surface area contributed by atoms with E-state index in [2.05, 4.69) is 9.97 Å². The van der Waals surface area contributed by atoms with Gasteiger partial charge in [-0.2, -0.15) is 0 Å². The van der Waals surface area contributed by atoms with Crippen LogP contribution < -0.4 is 0 Å². The lowest BCUT2D eigenvalue weighted by Gasteiger charge is -2.03. The van der Waals surface area contributed by atoms with Gasteiger partial charge in [0.2, 0.25) is 0 Å². The van der Waals surface area contributed by atoms with E-state index in [4.69, 9.17) is 9.47 Å². The van der Waals surface area contributed by atoms with Gasteiger partial charge in [-0.15, -0.1) is 0 Å². The number of ether oxygens (including phenoxy) is 2. The Labute approximate surface area is 92.6 Å². The fourth-order valence-corrected chi connectivity index (χ4v) is 0.882. The van der Waals surface area contributed by atoms with Gasteiger partial charge in [0, 0.05) is 13.8 Å². The van der Waals surface area contributed by atoms with Gasteiger partial charge in [0.05, 0.1) is 23.8 Å². The van der Waals surface area contributed by atoms with Crippen LogP contribution in [0.2, 0.25) is 0 Å². The van der Waals surface area contributed by atoms with Gasteiger partial charge < -0.3 is 9.47 Å². The molecule has 0 saturated heterocycles. The zero-order chi connectivity index (χ0) is 12.0. The summed E-state index contributed by atoms with van der Waals surface area (Å²) < 4.78 is 9.48. The minimum absolute atomic E-state index is 0.0934. The zero-order valence-electron chi connectivity index (χ0n) is 9.10. The summed E-state index contributed by atoms with van der Waals surface area (Å²) in [6, 6.07) is 0. The standard InChI is InChI=1S/C10H12N2O4/c1-7(13)15-5-9-3-12-10(4-11-9)6-16-8(2)14/h3-4H,5-6H2,1-2H3. The van der Waals surface area contributed by atoms with Crippen LogP contribution in [0.25, 0.3) is 0 Å². The number of carbonyl (C=O) groups excluding carboxylic acids is 2. The maximum absolute atomic E-state index is 10.5. The summed E-state index contributed by atoms with van der Waals surface area (Å²) >= 11 is 0. The molecule has 0 saturated carbocycles. The number of hydrogen-bond donors (Lipinski definition) is 0. The van der Waals surface area contributed by atoms with Crippen LogP contribution in [-0.2, 0) is 32.3 Å². The molecular formula is C10H12N2O4. The molecule has 0 aliphatic rings. The number of nitrogens with zero attached hydrogens (tertiary/aromatic N) is 2. The van der Waals surface area contributed by atoms with E-state index in [1.165, 1.54) is 26.2 Å². The van der Waals surface area contributed by atoms with Gasteiger partial charge in [0.25, 0.3) is 0 Å². The van der Waals surface area contributed by atoms with Crippen molar-refractivity contribution in [3.05, 3.63) is 23.8 Å². The molecule has 16 heavy (non-hydrogen) atoms. The van der Waals surface area contributed by atoms with Crippen LogP contribution >= 0.6 is 0 Å². The van der Waals surface area contributed by atoms with E-state index in [1.807, 2.05) is 0 Å². The van der Waals surface area contributed by atoms with Gasteiger partial charge in [0.15, 0.2) is 0 Å². The van der Waals surface area contributed by atoms with E-state index in [1.54, 1.807) is 0 Å². The molecule has 0 atom stereocenters. The quantitative estimate of drug-likeness (QED) is 0.697. The highest BCUT2D eigenvalue weighted by molar-refractivity contribution is 5.66. The monoisotopic (exact) mass is 224 g/mol. The average molecular weight is 224 g/mol. The van der Waals surface area contributed by atoms with Crippen molar-refractivity contribution in [1.82, 2.24) is 9.97 Å². The molecule has 0 aliphatic carbocycles. The van der Waals surface area contributed by atoms with E-state index in [0.29, 0.717) is 11.4 Å². The molecule has 0 unspecified atom stereocenters. The lowest BCUT2D eigenvalue weighted by atomic mass is 10.4. The van der Waals surface area contributed by atoms with Gasteiger partial charge >= 0.3 is 11.9 Å². The van der Waals surface area contributed by atoms with Crippen molar-refractivity contribution >= 4 is 11.9 Å². The van der Waals surface area contributed by atoms with Crippen molar-refractivity contribution in [1.29, 1.82) is 0 Å². The summed E-state index contributed by atoms with van der Waals surface area (Å²) in [4.78, 5) is 29.1. The van der Waals surface area contributed by atoms with Crippen molar-refractivity contribution in [2.45, 2.75) is 27.1 Å². The molecule has 1 heterocycles. The minimum Gasteiger partial charge on any atom is -0.459 e. The lowest BCUT2D eigenvalue weighted by Crippen LogP contribution is -2.04. The van der Waals surface area contributed by atoms with Gasteiger partial charge in [-0.1, -0.05) is 0 Å². The normalized spacial score (nSPS) is 9.62. The van der Waals surface area contributed by atoms with Crippen LogP contribution in [-0.4, -0.2) is 21.9 Å². The van der Waals surface area contributed by atoms with Crippen molar-refractivity contribution < 1.29 is 19.1 Å². The molecule has 0 amide bonds. The van der Waals surface area contributed by atoms with Crippen LogP contribution in [0.3, 0.4) is 0 Å². The second-order valence-corrected chi connectivity index (χ2v) is 3.06. The zero-order valence-corrected chi connectivity index (χ0v) is 9.10. The molecule has 6 heteroatoms. The van der Waals surface area contributed by atoms with Crippen molar-refractivity contribution in [2.75, 3.05) is 0 Å². The fourth-order valence-electron chi connectivity index (χ4n) is 0.882. The van der Waals surface area contributed by atoms with Gasteiger partial charge in [-0.25, -0.2) is 0 Å². The summed E-state index contributed by atoms with van der Waals surface area (Å²) in [5.74, 6) is -0.739. The van der Waals surface area contributed by atoms with Crippen molar-refractivity contribution in [3.63, 3.8) is 0 Å². The highest BCUT2D eigenvalue weighted by Crippen LogP contribution is 1.99. The second-order valence-electron chi connectivity index (χ2n) is 3.06. The van der Waals surface area contributed by atoms with Crippen LogP contribution in [0.5, 0.6) is 0 Å². The highest BCUT2D eigenvalue weighted by atomic mass is 16.5. The Morgan fingerprint density at radius 2 is 1.38 bits per heavy atom. The smallest absolute Gasteiger partial charge is 0.303 e. The van der Waals surface area contributed by atoms with Gasteiger partial charge in [0.1, 0.15) is 13.2 Å². The summed E-state index contributed by atoms with van der Waals surface area (Å²) in [7, 11) is 0. The van der Waals surface area contributed by atoms with Gasteiger partial charge in [-0.3, -0.25) is 19.6 Å². The summed E-state index contributed by atoms with van der Waals surface area (Å²) in [5, 5.41) is 0. The van der Waals surface area contributed by atoms with Crippen LogP contribution in [0.4, 0.5) is 0 Å². The van der Waals surface area contributed by atoms with Gasteiger partial charge in [-0.05, 0) is 0 Å². The molecule has 6 nitrogen and oxygen atoms in total. The molecule has 86 valence electrons. The average Bonchev–Trinajstić information content (AvgIpc) is 2.25. The number of carbonyl (C=O) groups is 2. The predicted octanol–water partition coefficient (Wildman–Crippen LogP) is 0.603. The number of rotatable bonds is 4. The molecule has 0 spiro atoms. The number of aromatic nitrogens is 2. The van der Waals surface area contributed by atoms with E-state index in [0.717, 1.165) is 0 Å². The van der Waals surface area contributed by atoms with Crippen LogP contribution in [0.1, 0.15) is 25.2 Å². The van der Waals surface area contributed by atoms with Crippen molar-refractivity contribution in [3.8, 4) is 0 Å². The SMILES string of the molecule is CC(=O)OCc1cnc(COC(C)=O)cn1. The van der Waals surface area contributed by atoms with E-state index in [9.17, 15) is 9.59 Å². The molecule has 0 aromatic carbocycles. The molecule has 0 N–H and O–H groups in total. The highest BCUT2D eigenvalue weighted by Gasteiger charge is 2.01. The first-order chi connectivity index (χ1) is 7.58. The Kier molecular flexibility index (Phi) is 4.38. The predicted molar refractivity (Wildman–Crippen MR) is 53.0 cm³/mol. The van der Waals surface area contributed by atoms with E-state index in [-0.39, 0.29) is 25.2 Å². The summed E-state index contributed by atoms with van der Waals surface area (Å²) in [5.41, 5.74) is 1.09. The van der Waals surface area contributed by atoms with Crippen molar-refractivity contribution in [2.24, 2.45) is 0 Å². The molecule has 1 aromatic rings. The fraction of sp³-hybridized carbons (Fsp3) is 0.400. The third kappa shape index (κ3) is 4.50. The molecule has 0 aliphatic heterocycles. The van der Waals surface area contributed by atoms with E-state index >= 15 is 0 Å². The Balaban J connectivity index is 2.47. The Morgan fingerprint density at radius 3 is 1.62 bits per heavy atom. The molecule has 1 rings (SSSR count). The second kappa shape index (κ2) is 5.79. The maximum Gasteiger partial charge on any atom is 0.303 e. The Morgan fingerprint density at radius 1 is 1.00 bits per heavy atom. The first-order valence-electron chi connectivity index (χ1n) is 4.64. The molecule has 1 aromatic heterocycles. The Hall–Kier alpha value is -1.98. The Bertz CT molecular complexity index is 338. The molecule has 0 radical (unpaired) electrons. The van der Waals surface area contributed by atoms with E-state index < -0.39 is 0 Å². The molecular weight excluding hydrogens is 212 g/mol. The summed E-state index contributed by atoms with van der Waals surface area (Å²) in [6.45, 7) is 2.83. The first kappa shape index (κ1) is 12.1. The number of esters is 2. The first-order valence-corrected chi connectivity index (χ1v) is 4.64. The largest absolute Gasteiger partial charge is 0.459 e. The minimum atomic E-state index is -0.370. The molecule has 0 bridgehead atoms. The topological polar surface area (TPSA) is 78.4 Å². The van der Waals surface area contributed by atoms with Crippen LogP contribution in [0, 0.1) is 0 Å².